The maximum Gasteiger partial charge on any atom is 0.416 e. The average molecular weight is 430 g/mol. The van der Waals surface area contributed by atoms with Crippen LogP contribution in [-0.2, 0) is 21.0 Å². The number of sulfonamides is 1. The fourth-order valence-corrected chi connectivity index (χ4v) is 3.96. The summed E-state index contributed by atoms with van der Waals surface area (Å²) in [4.78, 5) is 13.3. The van der Waals surface area contributed by atoms with Crippen molar-refractivity contribution in [2.75, 3.05) is 33.2 Å². The molecular formula is C16H23ClF3N3O3S. The zero-order valence-electron chi connectivity index (χ0n) is 14.8. The lowest BCUT2D eigenvalue weighted by Gasteiger charge is -2.32. The Bertz CT molecular complexity index is 742. The first-order valence-electron chi connectivity index (χ1n) is 8.23. The summed E-state index contributed by atoms with van der Waals surface area (Å²) >= 11 is 0. The molecule has 1 saturated heterocycles. The van der Waals surface area contributed by atoms with E-state index in [2.05, 4.69) is 10.0 Å². The van der Waals surface area contributed by atoms with Gasteiger partial charge in [0.1, 0.15) is 0 Å². The molecule has 0 spiro atoms. The van der Waals surface area contributed by atoms with E-state index in [-0.39, 0.29) is 18.3 Å². The fourth-order valence-electron chi connectivity index (χ4n) is 2.94. The van der Waals surface area contributed by atoms with E-state index in [4.69, 9.17) is 0 Å². The van der Waals surface area contributed by atoms with Crippen LogP contribution < -0.4 is 10.0 Å². The van der Waals surface area contributed by atoms with Crippen molar-refractivity contribution >= 4 is 28.3 Å². The van der Waals surface area contributed by atoms with E-state index in [0.717, 1.165) is 37.6 Å². The lowest BCUT2D eigenvalue weighted by molar-refractivity contribution is -0.137. The number of nitrogens with one attached hydrogen (secondary N) is 2. The third kappa shape index (κ3) is 6.63. The minimum atomic E-state index is -4.64. The Morgan fingerprint density at radius 2 is 2.04 bits per heavy atom. The van der Waals surface area contributed by atoms with Crippen molar-refractivity contribution in [3.05, 3.63) is 29.8 Å². The summed E-state index contributed by atoms with van der Waals surface area (Å²) < 4.78 is 64.7. The second-order valence-corrected chi connectivity index (χ2v) is 8.02. The van der Waals surface area contributed by atoms with Gasteiger partial charge in [0.25, 0.3) is 0 Å². The Balaban J connectivity index is 0.00000364. The van der Waals surface area contributed by atoms with E-state index in [1.165, 1.54) is 0 Å². The van der Waals surface area contributed by atoms with E-state index in [1.807, 2.05) is 7.05 Å². The van der Waals surface area contributed by atoms with Gasteiger partial charge in [-0.2, -0.15) is 13.2 Å². The molecule has 1 fully saturated rings. The molecule has 154 valence electrons. The Hall–Kier alpha value is -1.36. The molecule has 0 bridgehead atoms. The predicted molar refractivity (Wildman–Crippen MR) is 97.1 cm³/mol. The molecule has 11 heteroatoms. The second kappa shape index (κ2) is 9.72. The standard InChI is InChI=1S/C16H22F3N3O3S.ClH/c1-20-9-12-4-3-7-22(11-12)15(23)10-21-26(24,25)14-6-2-5-13(8-14)16(17,18)19;/h2,5-6,8,12,20-21H,3-4,7,9-11H2,1H3;1H. The van der Waals surface area contributed by atoms with Gasteiger partial charge < -0.3 is 10.2 Å². The Labute approximate surface area is 163 Å². The van der Waals surface area contributed by atoms with Gasteiger partial charge in [0.15, 0.2) is 0 Å². The molecule has 1 unspecified atom stereocenters. The van der Waals surface area contributed by atoms with E-state index < -0.39 is 33.2 Å². The van der Waals surface area contributed by atoms with Crippen molar-refractivity contribution in [1.29, 1.82) is 0 Å². The molecule has 0 aliphatic carbocycles. The highest BCUT2D eigenvalue weighted by Crippen LogP contribution is 2.30. The highest BCUT2D eigenvalue weighted by atomic mass is 35.5. The zero-order valence-corrected chi connectivity index (χ0v) is 16.4. The summed E-state index contributed by atoms with van der Waals surface area (Å²) in [5.41, 5.74) is -1.06. The molecular weight excluding hydrogens is 407 g/mol. The van der Waals surface area contributed by atoms with Crippen molar-refractivity contribution in [3.8, 4) is 0 Å². The van der Waals surface area contributed by atoms with Gasteiger partial charge in [-0.05, 0) is 50.6 Å². The Kier molecular flexibility index (Phi) is 8.52. The molecule has 0 aromatic heterocycles. The topological polar surface area (TPSA) is 78.5 Å². The van der Waals surface area contributed by atoms with Gasteiger partial charge in [0.05, 0.1) is 17.0 Å². The maximum atomic E-state index is 12.7. The molecule has 2 N–H and O–H groups in total. The van der Waals surface area contributed by atoms with Crippen molar-refractivity contribution in [1.82, 2.24) is 14.9 Å². The van der Waals surface area contributed by atoms with Crippen LogP contribution >= 0.6 is 12.4 Å². The van der Waals surface area contributed by atoms with Crippen LogP contribution in [0, 0.1) is 5.92 Å². The third-order valence-electron chi connectivity index (χ3n) is 4.25. The van der Waals surface area contributed by atoms with E-state index >= 15 is 0 Å². The first-order valence-corrected chi connectivity index (χ1v) is 9.71. The largest absolute Gasteiger partial charge is 0.416 e. The van der Waals surface area contributed by atoms with Crippen molar-refractivity contribution in [3.63, 3.8) is 0 Å². The number of hydrogen-bond donors (Lipinski definition) is 2. The number of alkyl halides is 3. The summed E-state index contributed by atoms with van der Waals surface area (Å²) in [5, 5.41) is 3.05. The SMILES string of the molecule is CNCC1CCCN(C(=O)CNS(=O)(=O)c2cccc(C(F)(F)F)c2)C1.Cl. The first kappa shape index (κ1) is 23.7. The molecule has 1 aromatic rings. The van der Waals surface area contributed by atoms with Crippen LogP contribution in [-0.4, -0.2) is 52.5 Å². The quantitative estimate of drug-likeness (QED) is 0.723. The average Bonchev–Trinajstić information content (AvgIpc) is 2.60. The smallest absolute Gasteiger partial charge is 0.341 e. The van der Waals surface area contributed by atoms with Crippen LogP contribution in [0.2, 0.25) is 0 Å². The van der Waals surface area contributed by atoms with Gasteiger partial charge in [0.2, 0.25) is 15.9 Å². The van der Waals surface area contributed by atoms with Gasteiger partial charge in [0, 0.05) is 13.1 Å². The molecule has 1 aliphatic heterocycles. The molecule has 6 nitrogen and oxygen atoms in total. The third-order valence-corrected chi connectivity index (χ3v) is 5.65. The van der Waals surface area contributed by atoms with E-state index in [9.17, 15) is 26.4 Å². The molecule has 2 rings (SSSR count). The number of piperidine rings is 1. The van der Waals surface area contributed by atoms with Crippen LogP contribution in [0.1, 0.15) is 18.4 Å². The molecule has 1 aliphatic rings. The molecule has 1 aromatic carbocycles. The van der Waals surface area contributed by atoms with Crippen LogP contribution in [0.3, 0.4) is 0 Å². The summed E-state index contributed by atoms with van der Waals surface area (Å²) in [6, 6.07) is 3.43. The molecule has 1 atom stereocenters. The van der Waals surface area contributed by atoms with Gasteiger partial charge in [-0.15, -0.1) is 12.4 Å². The van der Waals surface area contributed by atoms with Gasteiger partial charge in [-0.25, -0.2) is 13.1 Å². The normalized spacial score (nSPS) is 18.1. The summed E-state index contributed by atoms with van der Waals surface area (Å²) in [5.74, 6) is -0.0841. The van der Waals surface area contributed by atoms with E-state index in [1.54, 1.807) is 4.90 Å². The number of likely N-dealkylation sites (tertiary alicyclic amines) is 1. The minimum Gasteiger partial charge on any atom is -0.341 e. The summed E-state index contributed by atoms with van der Waals surface area (Å²) in [6.45, 7) is 1.36. The van der Waals surface area contributed by atoms with E-state index in [0.29, 0.717) is 25.1 Å². The zero-order chi connectivity index (χ0) is 19.4. The lowest BCUT2D eigenvalue weighted by Crippen LogP contribution is -2.46. The number of rotatable bonds is 6. The number of hydrogen-bond acceptors (Lipinski definition) is 4. The number of nitrogens with zero attached hydrogens (tertiary/aromatic N) is 1. The van der Waals surface area contributed by atoms with Gasteiger partial charge in [-0.3, -0.25) is 4.79 Å². The number of carbonyl (C=O) groups is 1. The van der Waals surface area contributed by atoms with Crippen LogP contribution in [0.25, 0.3) is 0 Å². The minimum absolute atomic E-state index is 0. The van der Waals surface area contributed by atoms with Crippen molar-refractivity contribution in [2.45, 2.75) is 23.9 Å². The van der Waals surface area contributed by atoms with Crippen LogP contribution in [0.4, 0.5) is 13.2 Å². The number of halogens is 4. The highest BCUT2D eigenvalue weighted by molar-refractivity contribution is 7.89. The second-order valence-electron chi connectivity index (χ2n) is 6.26. The Morgan fingerprint density at radius 3 is 2.67 bits per heavy atom. The number of amides is 1. The van der Waals surface area contributed by atoms with Gasteiger partial charge in [-0.1, -0.05) is 6.07 Å². The molecule has 0 radical (unpaired) electrons. The predicted octanol–water partition coefficient (Wildman–Crippen LogP) is 1.86. The summed E-state index contributed by atoms with van der Waals surface area (Å²) in [7, 11) is -2.39. The fraction of sp³-hybridized carbons (Fsp3) is 0.562. The first-order chi connectivity index (χ1) is 12.1. The lowest BCUT2D eigenvalue weighted by atomic mass is 9.98. The summed E-state index contributed by atoms with van der Waals surface area (Å²) in [6.07, 6.45) is -2.82. The van der Waals surface area contributed by atoms with Crippen molar-refractivity contribution < 1.29 is 26.4 Å². The molecule has 27 heavy (non-hydrogen) atoms. The van der Waals surface area contributed by atoms with Crippen LogP contribution in [0.15, 0.2) is 29.2 Å². The van der Waals surface area contributed by atoms with Crippen LogP contribution in [0.5, 0.6) is 0 Å². The molecule has 0 saturated carbocycles. The molecule has 1 heterocycles. The van der Waals surface area contributed by atoms with Gasteiger partial charge >= 0.3 is 6.18 Å². The maximum absolute atomic E-state index is 12.7. The van der Waals surface area contributed by atoms with Crippen molar-refractivity contribution in [2.24, 2.45) is 5.92 Å². The Morgan fingerprint density at radius 1 is 1.33 bits per heavy atom. The number of benzene rings is 1. The molecule has 1 amide bonds. The monoisotopic (exact) mass is 429 g/mol. The number of carbonyl (C=O) groups excluding carboxylic acids is 1. The highest BCUT2D eigenvalue weighted by Gasteiger charge is 2.32.